The highest BCUT2D eigenvalue weighted by atomic mass is 35.5. The summed E-state index contributed by atoms with van der Waals surface area (Å²) in [6, 6.07) is 18.4. The molecule has 0 radical (unpaired) electrons. The zero-order valence-electron chi connectivity index (χ0n) is 23.1. The molecule has 1 saturated heterocycles. The number of pyridine rings is 1. The highest BCUT2D eigenvalue weighted by molar-refractivity contribution is 6.29. The standard InChI is InChI=1S/C33H31ClN4O3/c1-21-3-4-26(17-28(21)18-29(39)27-9-10-31(34)36-20-27)33(41)38-15-12-24(13-16-38)23-5-7-25(8-6-23)30(40)19-32-35-14-11-22(2)37-32/h3-11,14,17,20,24H,12-13,15-16,18-19H2,1-2H3. The maximum atomic E-state index is 13.4. The Kier molecular flexibility index (Phi) is 8.64. The number of likely N-dealkylation sites (tertiary alicyclic amines) is 1. The molecule has 1 fully saturated rings. The number of carbonyl (C=O) groups excluding carboxylic acids is 3. The van der Waals surface area contributed by atoms with Crippen LogP contribution in [0.5, 0.6) is 0 Å². The summed E-state index contributed by atoms with van der Waals surface area (Å²) in [5.74, 6) is 0.750. The summed E-state index contributed by atoms with van der Waals surface area (Å²) in [5.41, 5.74) is 5.53. The molecule has 2 aromatic carbocycles. The van der Waals surface area contributed by atoms with Crippen LogP contribution in [0.25, 0.3) is 0 Å². The number of halogens is 1. The van der Waals surface area contributed by atoms with Gasteiger partial charge in [-0.2, -0.15) is 0 Å². The number of hydrogen-bond acceptors (Lipinski definition) is 6. The van der Waals surface area contributed by atoms with Crippen LogP contribution in [0.15, 0.2) is 73.1 Å². The summed E-state index contributed by atoms with van der Waals surface area (Å²) >= 11 is 5.84. The van der Waals surface area contributed by atoms with Gasteiger partial charge >= 0.3 is 0 Å². The molecular weight excluding hydrogens is 536 g/mol. The summed E-state index contributed by atoms with van der Waals surface area (Å²) in [5, 5.41) is 0.339. The first-order valence-electron chi connectivity index (χ1n) is 13.7. The van der Waals surface area contributed by atoms with Gasteiger partial charge in [-0.25, -0.2) is 15.0 Å². The Hall–Kier alpha value is -4.23. The Balaban J connectivity index is 1.18. The van der Waals surface area contributed by atoms with Crippen LogP contribution in [0, 0.1) is 13.8 Å². The molecule has 2 aromatic heterocycles. The third kappa shape index (κ3) is 6.92. The van der Waals surface area contributed by atoms with Crippen LogP contribution in [-0.4, -0.2) is 50.4 Å². The molecule has 0 spiro atoms. The van der Waals surface area contributed by atoms with Crippen LogP contribution >= 0.6 is 11.6 Å². The molecule has 4 aromatic rings. The number of aromatic nitrogens is 3. The van der Waals surface area contributed by atoms with E-state index in [2.05, 4.69) is 15.0 Å². The van der Waals surface area contributed by atoms with Crippen LogP contribution in [0.1, 0.15) is 78.0 Å². The summed E-state index contributed by atoms with van der Waals surface area (Å²) in [6.45, 7) is 5.12. The number of carbonyl (C=O) groups is 3. The molecule has 7 nitrogen and oxygen atoms in total. The van der Waals surface area contributed by atoms with Crippen molar-refractivity contribution in [1.29, 1.82) is 0 Å². The van der Waals surface area contributed by atoms with Crippen molar-refractivity contribution in [3.63, 3.8) is 0 Å². The molecule has 0 saturated carbocycles. The number of rotatable bonds is 8. The lowest BCUT2D eigenvalue weighted by Gasteiger charge is -2.32. The largest absolute Gasteiger partial charge is 0.339 e. The van der Waals surface area contributed by atoms with E-state index in [-0.39, 0.29) is 30.3 Å². The summed E-state index contributed by atoms with van der Waals surface area (Å²) in [7, 11) is 0. The molecule has 0 aliphatic carbocycles. The molecule has 8 heteroatoms. The normalized spacial score (nSPS) is 13.7. The second kappa shape index (κ2) is 12.5. The lowest BCUT2D eigenvalue weighted by atomic mass is 9.88. The predicted octanol–water partition coefficient (Wildman–Crippen LogP) is 6.01. The average molecular weight is 567 g/mol. The Morgan fingerprint density at radius 3 is 2.20 bits per heavy atom. The van der Waals surface area contributed by atoms with Gasteiger partial charge in [0.1, 0.15) is 11.0 Å². The van der Waals surface area contributed by atoms with Gasteiger partial charge in [-0.3, -0.25) is 14.4 Å². The van der Waals surface area contributed by atoms with Crippen LogP contribution < -0.4 is 0 Å². The number of benzene rings is 2. The molecule has 208 valence electrons. The average Bonchev–Trinajstić information content (AvgIpc) is 2.98. The van der Waals surface area contributed by atoms with E-state index in [0.717, 1.165) is 29.7 Å². The number of nitrogens with zero attached hydrogens (tertiary/aromatic N) is 4. The number of ketones is 2. The highest BCUT2D eigenvalue weighted by Crippen LogP contribution is 2.29. The van der Waals surface area contributed by atoms with Crippen LogP contribution in [0.4, 0.5) is 0 Å². The minimum Gasteiger partial charge on any atom is -0.339 e. The van der Waals surface area contributed by atoms with Gasteiger partial charge in [0.25, 0.3) is 5.91 Å². The molecule has 3 heterocycles. The summed E-state index contributed by atoms with van der Waals surface area (Å²) in [6.07, 6.45) is 5.20. The van der Waals surface area contributed by atoms with E-state index in [1.54, 1.807) is 18.3 Å². The molecular formula is C33H31ClN4O3. The zero-order valence-corrected chi connectivity index (χ0v) is 23.9. The van der Waals surface area contributed by atoms with E-state index in [0.29, 0.717) is 46.7 Å². The smallest absolute Gasteiger partial charge is 0.253 e. The summed E-state index contributed by atoms with van der Waals surface area (Å²) < 4.78 is 0. The Labute approximate surface area is 244 Å². The number of Topliss-reactive ketones (excluding diaryl/α,β-unsaturated/α-hetero) is 2. The Morgan fingerprint density at radius 1 is 0.829 bits per heavy atom. The summed E-state index contributed by atoms with van der Waals surface area (Å²) in [4.78, 5) is 53.2. The monoisotopic (exact) mass is 566 g/mol. The van der Waals surface area contributed by atoms with E-state index < -0.39 is 0 Å². The Morgan fingerprint density at radius 2 is 1.51 bits per heavy atom. The van der Waals surface area contributed by atoms with E-state index in [1.165, 1.54) is 11.8 Å². The lowest BCUT2D eigenvalue weighted by Crippen LogP contribution is -2.38. The minimum atomic E-state index is -0.0705. The van der Waals surface area contributed by atoms with Crippen LogP contribution in [0.3, 0.4) is 0 Å². The van der Waals surface area contributed by atoms with Crippen molar-refractivity contribution in [2.24, 2.45) is 0 Å². The highest BCUT2D eigenvalue weighted by Gasteiger charge is 2.25. The number of amides is 1. The van der Waals surface area contributed by atoms with Crippen LogP contribution in [0.2, 0.25) is 5.15 Å². The van der Waals surface area contributed by atoms with Gasteiger partial charge in [0, 0.05) is 54.3 Å². The Bertz CT molecular complexity index is 1580. The van der Waals surface area contributed by atoms with Crippen molar-refractivity contribution in [1.82, 2.24) is 19.9 Å². The second-order valence-electron chi connectivity index (χ2n) is 10.5. The zero-order chi connectivity index (χ0) is 28.9. The van der Waals surface area contributed by atoms with Gasteiger partial charge < -0.3 is 4.90 Å². The topological polar surface area (TPSA) is 93.1 Å². The van der Waals surface area contributed by atoms with Crippen molar-refractivity contribution < 1.29 is 14.4 Å². The maximum absolute atomic E-state index is 13.4. The fourth-order valence-electron chi connectivity index (χ4n) is 5.18. The quantitative estimate of drug-likeness (QED) is 0.191. The van der Waals surface area contributed by atoms with Crippen molar-refractivity contribution >= 4 is 29.1 Å². The molecule has 41 heavy (non-hydrogen) atoms. The third-order valence-corrected chi connectivity index (χ3v) is 7.87. The third-order valence-electron chi connectivity index (χ3n) is 7.65. The van der Waals surface area contributed by atoms with E-state index in [1.807, 2.05) is 67.3 Å². The number of hydrogen-bond donors (Lipinski definition) is 0. The number of aryl methyl sites for hydroxylation is 2. The van der Waals surface area contributed by atoms with Gasteiger partial charge in [-0.05, 0) is 79.6 Å². The molecule has 5 rings (SSSR count). The van der Waals surface area contributed by atoms with Crippen molar-refractivity contribution in [2.45, 2.75) is 45.4 Å². The van der Waals surface area contributed by atoms with Crippen molar-refractivity contribution in [3.8, 4) is 0 Å². The molecule has 1 aliphatic heterocycles. The van der Waals surface area contributed by atoms with Gasteiger partial charge in [-0.1, -0.05) is 41.9 Å². The van der Waals surface area contributed by atoms with Gasteiger partial charge in [-0.15, -0.1) is 0 Å². The fourth-order valence-corrected chi connectivity index (χ4v) is 5.29. The molecule has 0 unspecified atom stereocenters. The number of piperidine rings is 1. The SMILES string of the molecule is Cc1ccnc(CC(=O)c2ccc(C3CCN(C(=O)c4ccc(C)c(CC(=O)c5ccc(Cl)nc5)c4)CC3)cc2)n1. The molecule has 1 aliphatic rings. The van der Waals surface area contributed by atoms with E-state index in [4.69, 9.17) is 11.6 Å². The fraction of sp³-hybridized carbons (Fsp3) is 0.273. The molecule has 0 N–H and O–H groups in total. The maximum Gasteiger partial charge on any atom is 0.253 e. The van der Waals surface area contributed by atoms with Crippen molar-refractivity contribution in [2.75, 3.05) is 13.1 Å². The van der Waals surface area contributed by atoms with E-state index >= 15 is 0 Å². The minimum absolute atomic E-state index is 0.00781. The molecule has 0 atom stereocenters. The van der Waals surface area contributed by atoms with Gasteiger partial charge in [0.2, 0.25) is 0 Å². The molecule has 0 bridgehead atoms. The first kappa shape index (κ1) is 28.3. The van der Waals surface area contributed by atoms with E-state index in [9.17, 15) is 14.4 Å². The first-order valence-corrected chi connectivity index (χ1v) is 14.1. The molecule has 1 amide bonds. The first-order chi connectivity index (χ1) is 19.8. The lowest BCUT2D eigenvalue weighted by molar-refractivity contribution is 0.0712. The van der Waals surface area contributed by atoms with Gasteiger partial charge in [0.05, 0.1) is 6.42 Å². The van der Waals surface area contributed by atoms with Crippen molar-refractivity contribution in [3.05, 3.63) is 123 Å². The predicted molar refractivity (Wildman–Crippen MR) is 158 cm³/mol. The van der Waals surface area contributed by atoms with Crippen LogP contribution in [-0.2, 0) is 12.8 Å². The van der Waals surface area contributed by atoms with Gasteiger partial charge in [0.15, 0.2) is 11.6 Å². The second-order valence-corrected chi connectivity index (χ2v) is 10.9.